The summed E-state index contributed by atoms with van der Waals surface area (Å²) in [7, 11) is 0. The number of benzene rings is 1. The third-order valence-electron chi connectivity index (χ3n) is 5.13. The van der Waals surface area contributed by atoms with Gasteiger partial charge in [0.05, 0.1) is 13.1 Å². The number of hydrogen-bond acceptors (Lipinski definition) is 5. The molecule has 3 rings (SSSR count). The average molecular weight is 373 g/mol. The van der Waals surface area contributed by atoms with Crippen molar-refractivity contribution in [2.75, 3.05) is 32.8 Å². The number of carbonyl (C=O) groups is 2. The summed E-state index contributed by atoms with van der Waals surface area (Å²) in [6.07, 6.45) is 6.15. The first-order valence-electron chi connectivity index (χ1n) is 9.52. The predicted molar refractivity (Wildman–Crippen MR) is 101 cm³/mol. The van der Waals surface area contributed by atoms with Crippen LogP contribution in [0.5, 0.6) is 5.75 Å². The number of amides is 2. The van der Waals surface area contributed by atoms with E-state index in [1.54, 1.807) is 40.9 Å². The SMILES string of the molecule is O=C(CN1CCC2=C(CCCC2)C1)NCCOc1ccc(C(=O)NO)cc1. The van der Waals surface area contributed by atoms with Gasteiger partial charge in [-0.15, -0.1) is 0 Å². The van der Waals surface area contributed by atoms with Crippen LogP contribution in [-0.2, 0) is 4.79 Å². The van der Waals surface area contributed by atoms with Crippen molar-refractivity contribution in [3.05, 3.63) is 41.0 Å². The number of nitrogens with zero attached hydrogens (tertiary/aromatic N) is 1. The first kappa shape index (κ1) is 19.4. The minimum absolute atomic E-state index is 0.0217. The van der Waals surface area contributed by atoms with Crippen molar-refractivity contribution in [3.63, 3.8) is 0 Å². The lowest BCUT2D eigenvalue weighted by Crippen LogP contribution is -2.42. The Labute approximate surface area is 159 Å². The van der Waals surface area contributed by atoms with E-state index in [9.17, 15) is 9.59 Å². The smallest absolute Gasteiger partial charge is 0.274 e. The molecule has 1 heterocycles. The molecule has 1 aliphatic heterocycles. The molecular weight excluding hydrogens is 346 g/mol. The second kappa shape index (κ2) is 9.53. The third kappa shape index (κ3) is 5.55. The van der Waals surface area contributed by atoms with E-state index in [2.05, 4.69) is 10.2 Å². The Morgan fingerprint density at radius 1 is 1.07 bits per heavy atom. The molecule has 0 atom stereocenters. The summed E-state index contributed by atoms with van der Waals surface area (Å²) in [5, 5.41) is 11.5. The summed E-state index contributed by atoms with van der Waals surface area (Å²) in [5.41, 5.74) is 5.11. The Morgan fingerprint density at radius 3 is 2.56 bits per heavy atom. The standard InChI is InChI=1S/C20H27N3O4/c24-19(14-23-11-9-15-3-1-2-4-17(15)13-23)21-10-12-27-18-7-5-16(6-8-18)20(25)22-26/h5-8,26H,1-4,9-14H2,(H,21,24)(H,22,25). The van der Waals surface area contributed by atoms with Crippen LogP contribution in [0.3, 0.4) is 0 Å². The van der Waals surface area contributed by atoms with Gasteiger partial charge >= 0.3 is 0 Å². The van der Waals surface area contributed by atoms with E-state index in [4.69, 9.17) is 9.94 Å². The largest absolute Gasteiger partial charge is 0.492 e. The molecule has 1 aromatic rings. The predicted octanol–water partition coefficient (Wildman–Crippen LogP) is 1.88. The fraction of sp³-hybridized carbons (Fsp3) is 0.500. The molecule has 0 fully saturated rings. The monoisotopic (exact) mass is 373 g/mol. The van der Waals surface area contributed by atoms with Gasteiger partial charge in [-0.2, -0.15) is 0 Å². The third-order valence-corrected chi connectivity index (χ3v) is 5.13. The Bertz CT molecular complexity index is 700. The molecule has 2 aliphatic rings. The first-order chi connectivity index (χ1) is 13.2. The van der Waals surface area contributed by atoms with Crippen molar-refractivity contribution in [1.29, 1.82) is 0 Å². The molecule has 0 bridgehead atoms. The van der Waals surface area contributed by atoms with Crippen LogP contribution in [-0.4, -0.2) is 54.7 Å². The van der Waals surface area contributed by atoms with Crippen LogP contribution < -0.4 is 15.5 Å². The van der Waals surface area contributed by atoms with Gasteiger partial charge in [-0.3, -0.25) is 19.7 Å². The van der Waals surface area contributed by atoms with Crippen LogP contribution in [0, 0.1) is 0 Å². The molecule has 0 radical (unpaired) electrons. The minimum Gasteiger partial charge on any atom is -0.492 e. The highest BCUT2D eigenvalue weighted by Gasteiger charge is 2.22. The van der Waals surface area contributed by atoms with Gasteiger partial charge in [-0.05, 0) is 56.4 Å². The van der Waals surface area contributed by atoms with E-state index in [0.29, 0.717) is 31.0 Å². The maximum atomic E-state index is 12.1. The summed E-state index contributed by atoms with van der Waals surface area (Å²) in [4.78, 5) is 25.6. The Hall–Kier alpha value is -2.38. The fourth-order valence-electron chi connectivity index (χ4n) is 3.69. The summed E-state index contributed by atoms with van der Waals surface area (Å²) < 4.78 is 5.56. The van der Waals surface area contributed by atoms with Crippen LogP contribution in [0.25, 0.3) is 0 Å². The summed E-state index contributed by atoms with van der Waals surface area (Å²) in [5.74, 6) is 0.0580. The molecule has 2 amide bonds. The normalized spacial score (nSPS) is 17.2. The lowest BCUT2D eigenvalue weighted by molar-refractivity contribution is -0.122. The highest BCUT2D eigenvalue weighted by atomic mass is 16.5. The Kier molecular flexibility index (Phi) is 6.84. The first-order valence-corrected chi connectivity index (χ1v) is 9.52. The van der Waals surface area contributed by atoms with Crippen LogP contribution in [0.15, 0.2) is 35.4 Å². The second-order valence-corrected chi connectivity index (χ2v) is 7.04. The van der Waals surface area contributed by atoms with Gasteiger partial charge < -0.3 is 10.1 Å². The van der Waals surface area contributed by atoms with Crippen molar-refractivity contribution in [2.24, 2.45) is 0 Å². The second-order valence-electron chi connectivity index (χ2n) is 7.04. The molecule has 1 aromatic carbocycles. The lowest BCUT2D eigenvalue weighted by atomic mass is 9.87. The van der Waals surface area contributed by atoms with Crippen LogP contribution in [0.1, 0.15) is 42.5 Å². The number of hydroxylamine groups is 1. The zero-order chi connectivity index (χ0) is 19.1. The molecule has 27 heavy (non-hydrogen) atoms. The Morgan fingerprint density at radius 2 is 1.81 bits per heavy atom. The lowest BCUT2D eigenvalue weighted by Gasteiger charge is -2.32. The molecule has 146 valence electrons. The van der Waals surface area contributed by atoms with E-state index in [1.165, 1.54) is 25.7 Å². The van der Waals surface area contributed by atoms with Gasteiger partial charge in [0.15, 0.2) is 0 Å². The van der Waals surface area contributed by atoms with Gasteiger partial charge in [0.1, 0.15) is 12.4 Å². The summed E-state index contributed by atoms with van der Waals surface area (Å²) >= 11 is 0. The molecule has 0 aromatic heterocycles. The van der Waals surface area contributed by atoms with E-state index >= 15 is 0 Å². The zero-order valence-electron chi connectivity index (χ0n) is 15.5. The minimum atomic E-state index is -0.567. The molecule has 0 saturated heterocycles. The van der Waals surface area contributed by atoms with Gasteiger partial charge in [0.2, 0.25) is 5.91 Å². The molecule has 3 N–H and O–H groups in total. The molecule has 1 aliphatic carbocycles. The highest BCUT2D eigenvalue weighted by molar-refractivity contribution is 5.93. The van der Waals surface area contributed by atoms with Gasteiger partial charge in [-0.25, -0.2) is 5.48 Å². The molecule has 0 unspecified atom stereocenters. The van der Waals surface area contributed by atoms with E-state index in [0.717, 1.165) is 19.5 Å². The van der Waals surface area contributed by atoms with Crippen LogP contribution >= 0.6 is 0 Å². The quantitative estimate of drug-likeness (QED) is 0.294. The number of rotatable bonds is 7. The zero-order valence-corrected chi connectivity index (χ0v) is 15.5. The van der Waals surface area contributed by atoms with Crippen molar-refractivity contribution in [2.45, 2.75) is 32.1 Å². The number of nitrogens with one attached hydrogen (secondary N) is 2. The Balaban J connectivity index is 1.34. The van der Waals surface area contributed by atoms with Crippen LogP contribution in [0.4, 0.5) is 0 Å². The van der Waals surface area contributed by atoms with Crippen molar-refractivity contribution in [1.82, 2.24) is 15.7 Å². The van der Waals surface area contributed by atoms with Gasteiger partial charge in [0.25, 0.3) is 5.91 Å². The maximum Gasteiger partial charge on any atom is 0.274 e. The van der Waals surface area contributed by atoms with Crippen molar-refractivity contribution < 1.29 is 19.5 Å². The molecule has 0 saturated carbocycles. The molecule has 7 nitrogen and oxygen atoms in total. The average Bonchev–Trinajstić information content (AvgIpc) is 2.71. The van der Waals surface area contributed by atoms with E-state index < -0.39 is 5.91 Å². The molecule has 7 heteroatoms. The van der Waals surface area contributed by atoms with Crippen molar-refractivity contribution >= 4 is 11.8 Å². The summed E-state index contributed by atoms with van der Waals surface area (Å²) in [6, 6.07) is 6.42. The topological polar surface area (TPSA) is 90.9 Å². The summed E-state index contributed by atoms with van der Waals surface area (Å²) in [6.45, 7) is 3.12. The number of carbonyl (C=O) groups excluding carboxylic acids is 2. The van der Waals surface area contributed by atoms with Crippen molar-refractivity contribution in [3.8, 4) is 5.75 Å². The molecule has 0 spiro atoms. The number of ether oxygens (including phenoxy) is 1. The van der Waals surface area contributed by atoms with Crippen LogP contribution in [0.2, 0.25) is 0 Å². The van der Waals surface area contributed by atoms with Gasteiger partial charge in [0, 0.05) is 18.7 Å². The maximum absolute atomic E-state index is 12.1. The van der Waals surface area contributed by atoms with E-state index in [-0.39, 0.29) is 5.91 Å². The number of hydrogen-bond donors (Lipinski definition) is 3. The fourth-order valence-corrected chi connectivity index (χ4v) is 3.69. The van der Waals surface area contributed by atoms with E-state index in [1.807, 2.05) is 0 Å². The molecular formula is C20H27N3O4. The highest BCUT2D eigenvalue weighted by Crippen LogP contribution is 2.30. The van der Waals surface area contributed by atoms with Gasteiger partial charge in [-0.1, -0.05) is 11.1 Å².